The minimum atomic E-state index is -0.128. The average molecular weight is 207 g/mol. The van der Waals surface area contributed by atoms with Crippen LogP contribution in [0.25, 0.3) is 0 Å². The molecule has 2 atom stereocenters. The summed E-state index contributed by atoms with van der Waals surface area (Å²) in [7, 11) is 0. The number of hydrogen-bond donors (Lipinski definition) is 1. The third kappa shape index (κ3) is 3.03. The Labute approximate surface area is 90.7 Å². The van der Waals surface area contributed by atoms with E-state index in [2.05, 4.69) is 12.2 Å². The molecule has 0 amide bonds. The van der Waals surface area contributed by atoms with E-state index >= 15 is 0 Å². The van der Waals surface area contributed by atoms with E-state index in [0.717, 1.165) is 24.4 Å². The van der Waals surface area contributed by atoms with Crippen LogP contribution in [-0.2, 0) is 6.42 Å². The molecule has 0 aromatic heterocycles. The van der Waals surface area contributed by atoms with Crippen LogP contribution >= 0.6 is 0 Å². The smallest absolute Gasteiger partial charge is 0.123 e. The van der Waals surface area contributed by atoms with Crippen molar-refractivity contribution in [3.8, 4) is 0 Å². The van der Waals surface area contributed by atoms with Crippen LogP contribution in [0.15, 0.2) is 24.3 Å². The number of halogens is 1. The second-order valence-corrected chi connectivity index (χ2v) is 4.62. The summed E-state index contributed by atoms with van der Waals surface area (Å²) in [6.07, 6.45) is 3.44. The monoisotopic (exact) mass is 207 g/mol. The molecule has 0 saturated carbocycles. The van der Waals surface area contributed by atoms with E-state index in [1.807, 2.05) is 6.07 Å². The first kappa shape index (κ1) is 10.6. The van der Waals surface area contributed by atoms with Gasteiger partial charge in [-0.15, -0.1) is 0 Å². The summed E-state index contributed by atoms with van der Waals surface area (Å²) in [6, 6.07) is 7.46. The van der Waals surface area contributed by atoms with Crippen molar-refractivity contribution in [1.82, 2.24) is 5.32 Å². The van der Waals surface area contributed by atoms with Gasteiger partial charge in [0.15, 0.2) is 0 Å². The molecule has 1 aromatic rings. The molecule has 1 aliphatic rings. The van der Waals surface area contributed by atoms with Gasteiger partial charge in [-0.3, -0.25) is 0 Å². The predicted octanol–water partition coefficient (Wildman–Crippen LogP) is 2.76. The van der Waals surface area contributed by atoms with Crippen LogP contribution in [-0.4, -0.2) is 12.6 Å². The number of benzene rings is 1. The lowest BCUT2D eigenvalue weighted by molar-refractivity contribution is 0.326. The average Bonchev–Trinajstić information content (AvgIpc) is 2.22. The summed E-state index contributed by atoms with van der Waals surface area (Å²) in [4.78, 5) is 0. The molecule has 1 nitrogen and oxygen atoms in total. The molecule has 1 saturated heterocycles. The van der Waals surface area contributed by atoms with Crippen LogP contribution in [0.1, 0.15) is 25.3 Å². The fourth-order valence-electron chi connectivity index (χ4n) is 2.18. The van der Waals surface area contributed by atoms with E-state index in [9.17, 15) is 4.39 Å². The summed E-state index contributed by atoms with van der Waals surface area (Å²) in [5.74, 6) is 0.658. The summed E-state index contributed by atoms with van der Waals surface area (Å²) >= 11 is 0. The SMILES string of the molecule is CC1CCC(Cc2cccc(F)c2)NC1. The maximum atomic E-state index is 13.0. The van der Waals surface area contributed by atoms with Crippen molar-refractivity contribution in [1.29, 1.82) is 0 Å². The van der Waals surface area contributed by atoms with Crippen molar-refractivity contribution in [3.63, 3.8) is 0 Å². The molecule has 2 heteroatoms. The molecule has 0 bridgehead atoms. The summed E-state index contributed by atoms with van der Waals surface area (Å²) in [5.41, 5.74) is 1.10. The van der Waals surface area contributed by atoms with Gasteiger partial charge in [-0.25, -0.2) is 4.39 Å². The zero-order chi connectivity index (χ0) is 10.7. The highest BCUT2D eigenvalue weighted by atomic mass is 19.1. The highest BCUT2D eigenvalue weighted by molar-refractivity contribution is 5.17. The Kier molecular flexibility index (Phi) is 3.37. The Bertz CT molecular complexity index is 316. The molecule has 1 heterocycles. The first-order valence-electron chi connectivity index (χ1n) is 5.72. The van der Waals surface area contributed by atoms with Gasteiger partial charge in [0.1, 0.15) is 5.82 Å². The van der Waals surface area contributed by atoms with Crippen LogP contribution < -0.4 is 5.32 Å². The summed E-state index contributed by atoms with van der Waals surface area (Å²) in [6.45, 7) is 3.37. The lowest BCUT2D eigenvalue weighted by Crippen LogP contribution is -2.39. The van der Waals surface area contributed by atoms with Crippen LogP contribution in [0.4, 0.5) is 4.39 Å². The standard InChI is InChI=1S/C13H18FN/c1-10-5-6-13(15-9-10)8-11-3-2-4-12(14)7-11/h2-4,7,10,13,15H,5-6,8-9H2,1H3. The van der Waals surface area contributed by atoms with Gasteiger partial charge < -0.3 is 5.32 Å². The van der Waals surface area contributed by atoms with Crippen LogP contribution in [0.2, 0.25) is 0 Å². The predicted molar refractivity (Wildman–Crippen MR) is 60.3 cm³/mol. The minimum Gasteiger partial charge on any atom is -0.313 e. The maximum absolute atomic E-state index is 13.0. The summed E-state index contributed by atoms with van der Waals surface area (Å²) < 4.78 is 13.0. The molecule has 1 N–H and O–H groups in total. The van der Waals surface area contributed by atoms with E-state index in [0.29, 0.717) is 6.04 Å². The van der Waals surface area contributed by atoms with Gasteiger partial charge in [0.05, 0.1) is 0 Å². The van der Waals surface area contributed by atoms with E-state index < -0.39 is 0 Å². The summed E-state index contributed by atoms with van der Waals surface area (Å²) in [5, 5.41) is 3.51. The molecule has 15 heavy (non-hydrogen) atoms. The topological polar surface area (TPSA) is 12.0 Å². The largest absolute Gasteiger partial charge is 0.313 e. The van der Waals surface area contributed by atoms with Crippen molar-refractivity contribution in [3.05, 3.63) is 35.6 Å². The Hall–Kier alpha value is -0.890. The van der Waals surface area contributed by atoms with E-state index in [1.165, 1.54) is 18.9 Å². The third-order valence-corrected chi connectivity index (χ3v) is 3.13. The molecule has 1 aromatic carbocycles. The number of piperidine rings is 1. The van der Waals surface area contributed by atoms with Crippen molar-refractivity contribution in [2.75, 3.05) is 6.54 Å². The van der Waals surface area contributed by atoms with Gasteiger partial charge in [-0.05, 0) is 49.4 Å². The van der Waals surface area contributed by atoms with Gasteiger partial charge in [-0.2, -0.15) is 0 Å². The molecule has 82 valence electrons. The third-order valence-electron chi connectivity index (χ3n) is 3.13. The number of hydrogen-bond acceptors (Lipinski definition) is 1. The normalized spacial score (nSPS) is 26.5. The molecule has 1 aliphatic heterocycles. The Morgan fingerprint density at radius 3 is 2.93 bits per heavy atom. The van der Waals surface area contributed by atoms with Crippen molar-refractivity contribution >= 4 is 0 Å². The second-order valence-electron chi connectivity index (χ2n) is 4.62. The maximum Gasteiger partial charge on any atom is 0.123 e. The zero-order valence-electron chi connectivity index (χ0n) is 9.17. The zero-order valence-corrected chi connectivity index (χ0v) is 9.17. The Morgan fingerprint density at radius 1 is 1.40 bits per heavy atom. The molecule has 0 aliphatic carbocycles. The van der Waals surface area contributed by atoms with Crippen LogP contribution in [0, 0.1) is 11.7 Å². The quantitative estimate of drug-likeness (QED) is 0.786. The first-order valence-corrected chi connectivity index (χ1v) is 5.72. The Balaban J connectivity index is 1.92. The molecule has 2 unspecified atom stereocenters. The van der Waals surface area contributed by atoms with Crippen molar-refractivity contribution < 1.29 is 4.39 Å². The van der Waals surface area contributed by atoms with Gasteiger partial charge in [-0.1, -0.05) is 19.1 Å². The van der Waals surface area contributed by atoms with Gasteiger partial charge in [0, 0.05) is 6.04 Å². The first-order chi connectivity index (χ1) is 7.24. The van der Waals surface area contributed by atoms with Crippen molar-refractivity contribution in [2.45, 2.75) is 32.2 Å². The molecule has 0 spiro atoms. The van der Waals surface area contributed by atoms with Crippen LogP contribution in [0.3, 0.4) is 0 Å². The second kappa shape index (κ2) is 4.75. The highest BCUT2D eigenvalue weighted by Crippen LogP contribution is 2.17. The number of nitrogens with one attached hydrogen (secondary N) is 1. The molecule has 2 rings (SSSR count). The number of rotatable bonds is 2. The van der Waals surface area contributed by atoms with Gasteiger partial charge in [0.2, 0.25) is 0 Å². The lowest BCUT2D eigenvalue weighted by Gasteiger charge is -2.27. The van der Waals surface area contributed by atoms with E-state index in [1.54, 1.807) is 12.1 Å². The van der Waals surface area contributed by atoms with Crippen LogP contribution in [0.5, 0.6) is 0 Å². The fraction of sp³-hybridized carbons (Fsp3) is 0.538. The van der Waals surface area contributed by atoms with Crippen molar-refractivity contribution in [2.24, 2.45) is 5.92 Å². The molecule has 0 radical (unpaired) electrons. The highest BCUT2D eigenvalue weighted by Gasteiger charge is 2.17. The fourth-order valence-corrected chi connectivity index (χ4v) is 2.18. The van der Waals surface area contributed by atoms with E-state index in [4.69, 9.17) is 0 Å². The minimum absolute atomic E-state index is 0.128. The van der Waals surface area contributed by atoms with E-state index in [-0.39, 0.29) is 5.82 Å². The Morgan fingerprint density at radius 2 is 2.27 bits per heavy atom. The molecular formula is C13H18FN. The molecule has 1 fully saturated rings. The van der Waals surface area contributed by atoms with Gasteiger partial charge in [0.25, 0.3) is 0 Å². The lowest BCUT2D eigenvalue weighted by atomic mass is 9.92. The van der Waals surface area contributed by atoms with Gasteiger partial charge >= 0.3 is 0 Å². The molecular weight excluding hydrogens is 189 g/mol.